The van der Waals surface area contributed by atoms with Crippen LogP contribution in [0.2, 0.25) is 0 Å². The molecule has 0 radical (unpaired) electrons. The predicted octanol–water partition coefficient (Wildman–Crippen LogP) is 3.19. The van der Waals surface area contributed by atoms with Crippen LogP contribution in [0.25, 0.3) is 22.4 Å². The summed E-state index contributed by atoms with van der Waals surface area (Å²) in [7, 11) is 0. The monoisotopic (exact) mass is 318 g/mol. The van der Waals surface area contributed by atoms with Gasteiger partial charge in [0.1, 0.15) is 5.69 Å². The first kappa shape index (κ1) is 15.4. The Morgan fingerprint density at radius 1 is 1.12 bits per heavy atom. The summed E-state index contributed by atoms with van der Waals surface area (Å²) in [5, 5.41) is 19.5. The number of aromatic amines is 1. The maximum Gasteiger partial charge on any atom is 0.361 e. The molecule has 1 N–H and O–H groups in total. The molecule has 0 saturated heterocycles. The first-order valence-corrected chi connectivity index (χ1v) is 7.41. The minimum atomic E-state index is -0.516. The number of esters is 1. The van der Waals surface area contributed by atoms with Gasteiger partial charge in [0.25, 0.3) is 0 Å². The van der Waals surface area contributed by atoms with Crippen LogP contribution in [0, 0.1) is 11.3 Å². The van der Waals surface area contributed by atoms with Gasteiger partial charge in [-0.25, -0.2) is 4.79 Å². The van der Waals surface area contributed by atoms with Gasteiger partial charge in [-0.15, -0.1) is 5.10 Å². The van der Waals surface area contributed by atoms with Gasteiger partial charge >= 0.3 is 5.97 Å². The van der Waals surface area contributed by atoms with Gasteiger partial charge in [-0.3, -0.25) is 0 Å². The molecule has 0 spiro atoms. The van der Waals surface area contributed by atoms with Gasteiger partial charge in [0.05, 0.1) is 18.2 Å². The van der Waals surface area contributed by atoms with Crippen molar-refractivity contribution in [1.82, 2.24) is 15.4 Å². The SMILES string of the molecule is CCOC(=O)c1n[nH]nc1-c1cccc(-c2cccc(C#N)c2)c1. The Balaban J connectivity index is 2.02. The average Bonchev–Trinajstić information content (AvgIpc) is 3.12. The molecule has 1 aromatic heterocycles. The highest BCUT2D eigenvalue weighted by Gasteiger charge is 2.19. The van der Waals surface area contributed by atoms with Crippen LogP contribution >= 0.6 is 0 Å². The van der Waals surface area contributed by atoms with Crippen molar-refractivity contribution in [3.05, 3.63) is 59.8 Å². The molecule has 0 amide bonds. The Bertz CT molecular complexity index is 925. The van der Waals surface area contributed by atoms with Crippen LogP contribution in [0.5, 0.6) is 0 Å². The largest absolute Gasteiger partial charge is 0.461 e. The summed E-state index contributed by atoms with van der Waals surface area (Å²) in [6, 6.07) is 17.0. The number of carbonyl (C=O) groups is 1. The van der Waals surface area contributed by atoms with E-state index in [9.17, 15) is 4.79 Å². The Kier molecular flexibility index (Phi) is 4.34. The fraction of sp³-hybridized carbons (Fsp3) is 0.111. The Hall–Kier alpha value is -3.46. The van der Waals surface area contributed by atoms with Gasteiger partial charge in [-0.2, -0.15) is 15.6 Å². The fourth-order valence-electron chi connectivity index (χ4n) is 2.39. The lowest BCUT2D eigenvalue weighted by Gasteiger charge is -2.05. The van der Waals surface area contributed by atoms with E-state index in [0.29, 0.717) is 11.3 Å². The first-order chi connectivity index (χ1) is 11.7. The molecule has 0 unspecified atom stereocenters. The molecule has 2 aromatic carbocycles. The molecule has 0 bridgehead atoms. The molecule has 0 aliphatic rings. The number of nitriles is 1. The summed E-state index contributed by atoms with van der Waals surface area (Å²) in [4.78, 5) is 12.0. The molecule has 0 aliphatic heterocycles. The Morgan fingerprint density at radius 2 is 1.83 bits per heavy atom. The molecule has 0 aliphatic carbocycles. The number of ether oxygens (including phenoxy) is 1. The van der Waals surface area contributed by atoms with Crippen LogP contribution in [-0.2, 0) is 4.74 Å². The lowest BCUT2D eigenvalue weighted by molar-refractivity contribution is 0.0520. The van der Waals surface area contributed by atoms with Crippen molar-refractivity contribution < 1.29 is 9.53 Å². The number of H-pyrrole nitrogens is 1. The second-order valence-corrected chi connectivity index (χ2v) is 5.01. The maximum atomic E-state index is 12.0. The van der Waals surface area contributed by atoms with E-state index in [1.165, 1.54) is 0 Å². The van der Waals surface area contributed by atoms with E-state index in [0.717, 1.165) is 16.7 Å². The number of nitrogens with zero attached hydrogens (tertiary/aromatic N) is 3. The fourth-order valence-corrected chi connectivity index (χ4v) is 2.39. The molecule has 1 heterocycles. The first-order valence-electron chi connectivity index (χ1n) is 7.41. The predicted molar refractivity (Wildman–Crippen MR) is 87.9 cm³/mol. The highest BCUT2D eigenvalue weighted by Crippen LogP contribution is 2.27. The summed E-state index contributed by atoms with van der Waals surface area (Å²) in [6.07, 6.45) is 0. The molecule has 6 nitrogen and oxygen atoms in total. The standard InChI is InChI=1S/C18H14N4O2/c1-2-24-18(23)17-16(20-22-21-17)15-8-4-7-14(10-15)13-6-3-5-12(9-13)11-19/h3-10H,2H2,1H3,(H,20,21,22). The van der Waals surface area contributed by atoms with Crippen molar-refractivity contribution in [2.45, 2.75) is 6.92 Å². The number of rotatable bonds is 4. The summed E-state index contributed by atoms with van der Waals surface area (Å²) in [5.74, 6) is -0.516. The van der Waals surface area contributed by atoms with Gasteiger partial charge < -0.3 is 4.74 Å². The minimum absolute atomic E-state index is 0.153. The molecule has 0 fully saturated rings. The van der Waals surface area contributed by atoms with Crippen molar-refractivity contribution in [2.24, 2.45) is 0 Å². The highest BCUT2D eigenvalue weighted by molar-refractivity contribution is 5.94. The third-order valence-corrected chi connectivity index (χ3v) is 3.48. The Morgan fingerprint density at radius 3 is 2.58 bits per heavy atom. The second-order valence-electron chi connectivity index (χ2n) is 5.01. The Labute approximate surface area is 138 Å². The molecular weight excluding hydrogens is 304 g/mol. The number of benzene rings is 2. The number of nitrogens with one attached hydrogen (secondary N) is 1. The molecular formula is C18H14N4O2. The van der Waals surface area contributed by atoms with Gasteiger partial charge in [-0.05, 0) is 36.2 Å². The van der Waals surface area contributed by atoms with Crippen molar-refractivity contribution in [3.8, 4) is 28.5 Å². The average molecular weight is 318 g/mol. The molecule has 6 heteroatoms. The van der Waals surface area contributed by atoms with Gasteiger partial charge in [0, 0.05) is 5.56 Å². The quantitative estimate of drug-likeness (QED) is 0.746. The summed E-state index contributed by atoms with van der Waals surface area (Å²) in [5.41, 5.74) is 3.75. The van der Waals surface area contributed by atoms with Crippen molar-refractivity contribution in [2.75, 3.05) is 6.61 Å². The normalized spacial score (nSPS) is 10.2. The van der Waals surface area contributed by atoms with Crippen LogP contribution in [0.1, 0.15) is 23.0 Å². The molecule has 3 rings (SSSR count). The van der Waals surface area contributed by atoms with Gasteiger partial charge in [0.2, 0.25) is 0 Å². The zero-order valence-corrected chi connectivity index (χ0v) is 13.0. The van der Waals surface area contributed by atoms with Gasteiger partial charge in [0.15, 0.2) is 5.69 Å². The second kappa shape index (κ2) is 6.75. The summed E-state index contributed by atoms with van der Waals surface area (Å²) < 4.78 is 5.00. The zero-order valence-electron chi connectivity index (χ0n) is 13.0. The third kappa shape index (κ3) is 3.01. The topological polar surface area (TPSA) is 91.7 Å². The third-order valence-electron chi connectivity index (χ3n) is 3.48. The van der Waals surface area contributed by atoms with E-state index in [2.05, 4.69) is 21.5 Å². The molecule has 3 aromatic rings. The number of carbonyl (C=O) groups excluding carboxylic acids is 1. The molecule has 118 valence electrons. The van der Waals surface area contributed by atoms with Crippen molar-refractivity contribution in [1.29, 1.82) is 5.26 Å². The molecule has 0 saturated carbocycles. The van der Waals surface area contributed by atoms with E-state index >= 15 is 0 Å². The van der Waals surface area contributed by atoms with E-state index in [-0.39, 0.29) is 12.3 Å². The van der Waals surface area contributed by atoms with Crippen LogP contribution in [0.15, 0.2) is 48.5 Å². The smallest absolute Gasteiger partial charge is 0.361 e. The van der Waals surface area contributed by atoms with Crippen LogP contribution < -0.4 is 0 Å². The van der Waals surface area contributed by atoms with Crippen LogP contribution in [-0.4, -0.2) is 28.0 Å². The zero-order chi connectivity index (χ0) is 16.9. The van der Waals surface area contributed by atoms with E-state index < -0.39 is 5.97 Å². The summed E-state index contributed by atoms with van der Waals surface area (Å²) >= 11 is 0. The van der Waals surface area contributed by atoms with Crippen LogP contribution in [0.4, 0.5) is 0 Å². The van der Waals surface area contributed by atoms with Crippen LogP contribution in [0.3, 0.4) is 0 Å². The van der Waals surface area contributed by atoms with Crippen molar-refractivity contribution in [3.63, 3.8) is 0 Å². The lowest BCUT2D eigenvalue weighted by atomic mass is 10.00. The molecule has 0 atom stereocenters. The van der Waals surface area contributed by atoms with Gasteiger partial charge in [-0.1, -0.05) is 30.3 Å². The maximum absolute atomic E-state index is 12.0. The van der Waals surface area contributed by atoms with E-state index in [1.54, 1.807) is 13.0 Å². The lowest BCUT2D eigenvalue weighted by Crippen LogP contribution is -2.06. The molecule has 24 heavy (non-hydrogen) atoms. The highest BCUT2D eigenvalue weighted by atomic mass is 16.5. The minimum Gasteiger partial charge on any atom is -0.461 e. The van der Waals surface area contributed by atoms with E-state index in [4.69, 9.17) is 10.00 Å². The number of hydrogen-bond acceptors (Lipinski definition) is 5. The summed E-state index contributed by atoms with van der Waals surface area (Å²) in [6.45, 7) is 2.01. The van der Waals surface area contributed by atoms with E-state index in [1.807, 2.05) is 42.5 Å². The number of aromatic nitrogens is 3. The van der Waals surface area contributed by atoms with Crippen molar-refractivity contribution >= 4 is 5.97 Å². The number of hydrogen-bond donors (Lipinski definition) is 1.